The van der Waals surface area contributed by atoms with Gasteiger partial charge in [-0.25, -0.2) is 9.97 Å². The van der Waals surface area contributed by atoms with Gasteiger partial charge in [0.2, 0.25) is 0 Å². The van der Waals surface area contributed by atoms with Crippen molar-refractivity contribution in [3.63, 3.8) is 0 Å². The van der Waals surface area contributed by atoms with Crippen LogP contribution < -0.4 is 10.6 Å². The van der Waals surface area contributed by atoms with Crippen LogP contribution >= 0.6 is 15.9 Å². The lowest BCUT2D eigenvalue weighted by Gasteiger charge is -2.09. The molecular formula is C14H14BrN5. The molecule has 0 aliphatic carbocycles. The summed E-state index contributed by atoms with van der Waals surface area (Å²) < 4.78 is 1.03. The third-order valence-corrected chi connectivity index (χ3v) is 3.03. The van der Waals surface area contributed by atoms with Crippen LogP contribution in [0.5, 0.6) is 0 Å². The van der Waals surface area contributed by atoms with Crippen molar-refractivity contribution in [3.8, 4) is 6.07 Å². The van der Waals surface area contributed by atoms with Gasteiger partial charge in [-0.05, 0) is 31.2 Å². The number of nitrogens with zero attached hydrogens (tertiary/aromatic N) is 3. The SMILES string of the molecule is Cc1nc(NCCC#N)cc(Nc2ccc(Br)cc2)n1. The van der Waals surface area contributed by atoms with Crippen LogP contribution in [0.25, 0.3) is 0 Å². The van der Waals surface area contributed by atoms with Gasteiger partial charge in [-0.15, -0.1) is 0 Å². The van der Waals surface area contributed by atoms with Crippen molar-refractivity contribution in [2.24, 2.45) is 0 Å². The zero-order chi connectivity index (χ0) is 14.4. The van der Waals surface area contributed by atoms with Crippen LogP contribution in [0, 0.1) is 18.3 Å². The maximum absolute atomic E-state index is 8.53. The second kappa shape index (κ2) is 6.87. The molecular weight excluding hydrogens is 318 g/mol. The third-order valence-electron chi connectivity index (χ3n) is 2.50. The number of aryl methyl sites for hydroxylation is 1. The molecule has 0 aliphatic rings. The lowest BCUT2D eigenvalue weighted by atomic mass is 10.3. The number of aromatic nitrogens is 2. The van der Waals surface area contributed by atoms with Crippen molar-refractivity contribution in [2.75, 3.05) is 17.2 Å². The first-order chi connectivity index (χ1) is 9.67. The lowest BCUT2D eigenvalue weighted by molar-refractivity contribution is 1.01. The average Bonchev–Trinajstić information content (AvgIpc) is 2.41. The molecule has 0 amide bonds. The molecule has 2 rings (SSSR count). The molecule has 2 aromatic rings. The molecule has 20 heavy (non-hydrogen) atoms. The second-order valence-corrected chi connectivity index (χ2v) is 5.07. The summed E-state index contributed by atoms with van der Waals surface area (Å²) in [5.41, 5.74) is 0.953. The molecule has 0 saturated heterocycles. The summed E-state index contributed by atoms with van der Waals surface area (Å²) in [4.78, 5) is 8.62. The van der Waals surface area contributed by atoms with Crippen LogP contribution in [-0.4, -0.2) is 16.5 Å². The molecule has 2 N–H and O–H groups in total. The molecule has 5 nitrogen and oxygen atoms in total. The van der Waals surface area contributed by atoms with E-state index in [1.165, 1.54) is 0 Å². The minimum Gasteiger partial charge on any atom is -0.369 e. The minimum absolute atomic E-state index is 0.443. The molecule has 0 atom stereocenters. The van der Waals surface area contributed by atoms with Crippen molar-refractivity contribution >= 4 is 33.3 Å². The van der Waals surface area contributed by atoms with E-state index in [0.29, 0.717) is 24.6 Å². The number of halogens is 1. The van der Waals surface area contributed by atoms with Crippen LogP contribution in [0.15, 0.2) is 34.8 Å². The first kappa shape index (κ1) is 14.3. The zero-order valence-electron chi connectivity index (χ0n) is 11.0. The molecule has 1 heterocycles. The topological polar surface area (TPSA) is 73.6 Å². The maximum atomic E-state index is 8.53. The fraction of sp³-hybridized carbons (Fsp3) is 0.214. The number of anilines is 3. The Morgan fingerprint density at radius 3 is 2.60 bits per heavy atom. The summed E-state index contributed by atoms with van der Waals surface area (Å²) in [6.07, 6.45) is 0.443. The van der Waals surface area contributed by atoms with Gasteiger partial charge in [0.15, 0.2) is 0 Å². The molecule has 0 radical (unpaired) electrons. The summed E-state index contributed by atoms with van der Waals surface area (Å²) >= 11 is 3.40. The number of hydrogen-bond acceptors (Lipinski definition) is 5. The standard InChI is InChI=1S/C14H14BrN5/c1-10-18-13(17-8-2-7-16)9-14(19-10)20-12-5-3-11(15)4-6-12/h3-6,9H,2,8H2,1H3,(H2,17,18,19,20). The van der Waals surface area contributed by atoms with Gasteiger partial charge in [0.05, 0.1) is 12.5 Å². The summed E-state index contributed by atoms with van der Waals surface area (Å²) in [5.74, 6) is 2.11. The van der Waals surface area contributed by atoms with E-state index in [9.17, 15) is 0 Å². The summed E-state index contributed by atoms with van der Waals surface area (Å²) in [6, 6.07) is 11.8. The predicted octanol–water partition coefficient (Wildman–Crippen LogP) is 3.62. The molecule has 0 saturated carbocycles. The Bertz CT molecular complexity index is 618. The first-order valence-electron chi connectivity index (χ1n) is 6.16. The maximum Gasteiger partial charge on any atom is 0.136 e. The Morgan fingerprint density at radius 1 is 1.20 bits per heavy atom. The summed E-state index contributed by atoms with van der Waals surface area (Å²) in [6.45, 7) is 2.41. The fourth-order valence-corrected chi connectivity index (χ4v) is 1.91. The molecule has 0 aliphatic heterocycles. The quantitative estimate of drug-likeness (QED) is 0.818. The van der Waals surface area contributed by atoms with E-state index in [1.54, 1.807) is 0 Å². The van der Waals surface area contributed by atoms with E-state index in [0.717, 1.165) is 16.0 Å². The lowest BCUT2D eigenvalue weighted by Crippen LogP contribution is -2.05. The number of rotatable bonds is 5. The zero-order valence-corrected chi connectivity index (χ0v) is 12.6. The van der Waals surface area contributed by atoms with Crippen LogP contribution in [-0.2, 0) is 0 Å². The summed E-state index contributed by atoms with van der Waals surface area (Å²) in [5, 5.41) is 14.9. The Morgan fingerprint density at radius 2 is 1.90 bits per heavy atom. The molecule has 0 fully saturated rings. The smallest absolute Gasteiger partial charge is 0.136 e. The molecule has 1 aromatic heterocycles. The molecule has 0 spiro atoms. The van der Waals surface area contributed by atoms with Crippen molar-refractivity contribution in [2.45, 2.75) is 13.3 Å². The van der Waals surface area contributed by atoms with Gasteiger partial charge in [-0.3, -0.25) is 0 Å². The molecule has 0 unspecified atom stereocenters. The monoisotopic (exact) mass is 331 g/mol. The first-order valence-corrected chi connectivity index (χ1v) is 6.96. The van der Waals surface area contributed by atoms with Gasteiger partial charge in [0.25, 0.3) is 0 Å². The molecule has 102 valence electrons. The van der Waals surface area contributed by atoms with Crippen LogP contribution in [0.4, 0.5) is 17.3 Å². The van der Waals surface area contributed by atoms with Crippen LogP contribution in [0.3, 0.4) is 0 Å². The normalized spacial score (nSPS) is 9.85. The number of benzene rings is 1. The molecule has 1 aromatic carbocycles. The van der Waals surface area contributed by atoms with Crippen LogP contribution in [0.2, 0.25) is 0 Å². The van der Waals surface area contributed by atoms with Gasteiger partial charge in [-0.1, -0.05) is 15.9 Å². The number of nitrogens with one attached hydrogen (secondary N) is 2. The van der Waals surface area contributed by atoms with Gasteiger partial charge >= 0.3 is 0 Å². The van der Waals surface area contributed by atoms with Crippen LogP contribution in [0.1, 0.15) is 12.2 Å². The highest BCUT2D eigenvalue weighted by Gasteiger charge is 2.02. The predicted molar refractivity (Wildman–Crippen MR) is 82.9 cm³/mol. The van der Waals surface area contributed by atoms with E-state index in [1.807, 2.05) is 37.3 Å². The van der Waals surface area contributed by atoms with Crippen molar-refractivity contribution < 1.29 is 0 Å². The van der Waals surface area contributed by atoms with Gasteiger partial charge in [0.1, 0.15) is 17.5 Å². The number of hydrogen-bond donors (Lipinski definition) is 2. The van der Waals surface area contributed by atoms with E-state index >= 15 is 0 Å². The largest absolute Gasteiger partial charge is 0.369 e. The average molecular weight is 332 g/mol. The second-order valence-electron chi connectivity index (χ2n) is 4.15. The van der Waals surface area contributed by atoms with E-state index in [-0.39, 0.29) is 0 Å². The highest BCUT2D eigenvalue weighted by Crippen LogP contribution is 2.19. The van der Waals surface area contributed by atoms with Crippen molar-refractivity contribution in [1.29, 1.82) is 5.26 Å². The molecule has 6 heteroatoms. The summed E-state index contributed by atoms with van der Waals surface area (Å²) in [7, 11) is 0. The third kappa shape index (κ3) is 4.21. The Labute approximate surface area is 126 Å². The van der Waals surface area contributed by atoms with Crippen molar-refractivity contribution in [3.05, 3.63) is 40.6 Å². The van der Waals surface area contributed by atoms with Gasteiger partial charge in [0, 0.05) is 22.8 Å². The van der Waals surface area contributed by atoms with Gasteiger partial charge in [-0.2, -0.15) is 5.26 Å². The van der Waals surface area contributed by atoms with E-state index in [2.05, 4.69) is 42.6 Å². The Kier molecular flexibility index (Phi) is 4.91. The molecule has 0 bridgehead atoms. The highest BCUT2D eigenvalue weighted by molar-refractivity contribution is 9.10. The Balaban J connectivity index is 2.11. The van der Waals surface area contributed by atoms with E-state index < -0.39 is 0 Å². The number of nitriles is 1. The minimum atomic E-state index is 0.443. The highest BCUT2D eigenvalue weighted by atomic mass is 79.9. The Hall–Kier alpha value is -2.13. The fourth-order valence-electron chi connectivity index (χ4n) is 1.65. The van der Waals surface area contributed by atoms with Crippen molar-refractivity contribution in [1.82, 2.24) is 9.97 Å². The van der Waals surface area contributed by atoms with Gasteiger partial charge < -0.3 is 10.6 Å². The van der Waals surface area contributed by atoms with E-state index in [4.69, 9.17) is 5.26 Å².